The van der Waals surface area contributed by atoms with Crippen molar-refractivity contribution in [2.45, 2.75) is 29.5 Å². The number of thioether (sulfide) groups is 1. The third-order valence-electron chi connectivity index (χ3n) is 5.87. The molecule has 2 aromatic heterocycles. The molecule has 1 aliphatic heterocycles. The van der Waals surface area contributed by atoms with E-state index in [0.29, 0.717) is 33.6 Å². The van der Waals surface area contributed by atoms with Crippen LogP contribution < -0.4 is 9.64 Å². The molecule has 0 radical (unpaired) electrons. The van der Waals surface area contributed by atoms with Gasteiger partial charge in [-0.25, -0.2) is 0 Å². The second kappa shape index (κ2) is 11.6. The van der Waals surface area contributed by atoms with Crippen molar-refractivity contribution in [2.24, 2.45) is 0 Å². The van der Waals surface area contributed by atoms with Crippen molar-refractivity contribution in [3.63, 3.8) is 0 Å². The Morgan fingerprint density at radius 2 is 1.76 bits per heavy atom. The van der Waals surface area contributed by atoms with E-state index in [1.165, 1.54) is 40.4 Å². The van der Waals surface area contributed by atoms with Gasteiger partial charge in [0.05, 0.1) is 18.2 Å². The molecule has 5 rings (SSSR count). The number of hydrogen-bond donors (Lipinski definition) is 1. The molecule has 4 aromatic rings. The van der Waals surface area contributed by atoms with E-state index in [2.05, 4.69) is 15.2 Å². The summed E-state index contributed by atoms with van der Waals surface area (Å²) < 4.78 is 6.37. The SMILES string of the molecule is CCCOc1ccc(C2/C(=C(\O)c3ccncc3)C(=O)C(=O)N2c2nnc(SCc3ccccc3)s2)cc1. The zero-order chi connectivity index (χ0) is 26.5. The van der Waals surface area contributed by atoms with Crippen molar-refractivity contribution < 1.29 is 19.4 Å². The highest BCUT2D eigenvalue weighted by Crippen LogP contribution is 2.44. The predicted molar refractivity (Wildman–Crippen MR) is 147 cm³/mol. The molecule has 1 N–H and O–H groups in total. The molecule has 3 heterocycles. The van der Waals surface area contributed by atoms with Crippen molar-refractivity contribution in [2.75, 3.05) is 11.5 Å². The number of benzene rings is 2. The second-order valence-electron chi connectivity index (χ2n) is 8.45. The van der Waals surface area contributed by atoms with Gasteiger partial charge in [0.15, 0.2) is 4.34 Å². The molecule has 0 saturated carbocycles. The van der Waals surface area contributed by atoms with Gasteiger partial charge in [-0.1, -0.05) is 72.5 Å². The first-order valence-corrected chi connectivity index (χ1v) is 13.8. The van der Waals surface area contributed by atoms with Gasteiger partial charge in [0.25, 0.3) is 5.78 Å². The van der Waals surface area contributed by atoms with E-state index in [-0.39, 0.29) is 16.5 Å². The Bertz CT molecular complexity index is 1460. The molecular formula is C28H24N4O4S2. The molecule has 2 aromatic carbocycles. The minimum atomic E-state index is -0.886. The van der Waals surface area contributed by atoms with Gasteiger partial charge in [-0.2, -0.15) is 0 Å². The van der Waals surface area contributed by atoms with Crippen LogP contribution >= 0.6 is 23.1 Å². The lowest BCUT2D eigenvalue weighted by atomic mass is 9.95. The Labute approximate surface area is 228 Å². The van der Waals surface area contributed by atoms with Gasteiger partial charge in [0, 0.05) is 23.7 Å². The summed E-state index contributed by atoms with van der Waals surface area (Å²) in [7, 11) is 0. The molecule has 38 heavy (non-hydrogen) atoms. The van der Waals surface area contributed by atoms with E-state index >= 15 is 0 Å². The molecule has 1 atom stereocenters. The molecule has 1 saturated heterocycles. The van der Waals surface area contributed by atoms with Crippen molar-refractivity contribution in [3.8, 4) is 5.75 Å². The number of carbonyl (C=O) groups excluding carboxylic acids is 2. The van der Waals surface area contributed by atoms with Gasteiger partial charge in [0.1, 0.15) is 11.5 Å². The zero-order valence-electron chi connectivity index (χ0n) is 20.5. The first kappa shape index (κ1) is 25.6. The van der Waals surface area contributed by atoms with E-state index in [1.807, 2.05) is 37.3 Å². The van der Waals surface area contributed by atoms with Crippen LogP contribution in [0, 0.1) is 0 Å². The minimum Gasteiger partial charge on any atom is -0.507 e. The molecule has 1 amide bonds. The number of amides is 1. The fourth-order valence-corrected chi connectivity index (χ4v) is 5.88. The highest BCUT2D eigenvalue weighted by atomic mass is 32.2. The van der Waals surface area contributed by atoms with Crippen LogP contribution in [0.25, 0.3) is 5.76 Å². The maximum atomic E-state index is 13.4. The highest BCUT2D eigenvalue weighted by Gasteiger charge is 2.48. The minimum absolute atomic E-state index is 0.0166. The lowest BCUT2D eigenvalue weighted by Gasteiger charge is -2.22. The number of Topliss-reactive ketones (excluding diaryl/α,β-unsaturated/α-hetero) is 1. The van der Waals surface area contributed by atoms with Crippen LogP contribution in [0.4, 0.5) is 5.13 Å². The molecule has 0 bridgehead atoms. The summed E-state index contributed by atoms with van der Waals surface area (Å²) in [6.07, 6.45) is 3.90. The third kappa shape index (κ3) is 5.32. The summed E-state index contributed by atoms with van der Waals surface area (Å²) in [6, 6.07) is 19.4. The number of aromatic nitrogens is 3. The van der Waals surface area contributed by atoms with E-state index in [1.54, 1.807) is 36.4 Å². The summed E-state index contributed by atoms with van der Waals surface area (Å²) in [5.74, 6) is -0.458. The van der Waals surface area contributed by atoms with Crippen LogP contribution in [0.2, 0.25) is 0 Å². The Hall–Kier alpha value is -4.02. The Balaban J connectivity index is 1.52. The van der Waals surface area contributed by atoms with Crippen LogP contribution in [0.5, 0.6) is 5.75 Å². The quantitative estimate of drug-likeness (QED) is 0.0949. The number of anilines is 1. The van der Waals surface area contributed by atoms with Gasteiger partial charge in [0.2, 0.25) is 5.13 Å². The van der Waals surface area contributed by atoms with Crippen LogP contribution in [-0.2, 0) is 15.3 Å². The largest absolute Gasteiger partial charge is 0.507 e. The number of carbonyl (C=O) groups is 2. The molecular weight excluding hydrogens is 520 g/mol. The fourth-order valence-electron chi connectivity index (χ4n) is 4.05. The summed E-state index contributed by atoms with van der Waals surface area (Å²) in [4.78, 5) is 32.0. The van der Waals surface area contributed by atoms with E-state index < -0.39 is 17.7 Å². The molecule has 1 fully saturated rings. The van der Waals surface area contributed by atoms with Gasteiger partial charge in [-0.15, -0.1) is 10.2 Å². The van der Waals surface area contributed by atoms with E-state index in [0.717, 1.165) is 12.0 Å². The number of pyridine rings is 1. The molecule has 192 valence electrons. The Kier molecular flexibility index (Phi) is 7.81. The fraction of sp³-hybridized carbons (Fsp3) is 0.179. The van der Waals surface area contributed by atoms with Gasteiger partial charge >= 0.3 is 5.91 Å². The number of ketones is 1. The number of rotatable bonds is 9. The van der Waals surface area contributed by atoms with Crippen LogP contribution in [0.3, 0.4) is 0 Å². The van der Waals surface area contributed by atoms with Crippen LogP contribution in [0.15, 0.2) is 89.0 Å². The third-order valence-corrected chi connectivity index (χ3v) is 8.00. The Morgan fingerprint density at radius 3 is 2.47 bits per heavy atom. The molecule has 1 aliphatic rings. The lowest BCUT2D eigenvalue weighted by molar-refractivity contribution is -0.132. The summed E-state index contributed by atoms with van der Waals surface area (Å²) in [5, 5.41) is 20.0. The second-order valence-corrected chi connectivity index (χ2v) is 10.6. The van der Waals surface area contributed by atoms with Crippen molar-refractivity contribution in [3.05, 3.63) is 101 Å². The molecule has 1 unspecified atom stereocenters. The van der Waals surface area contributed by atoms with Crippen LogP contribution in [0.1, 0.15) is 36.1 Å². The van der Waals surface area contributed by atoms with Gasteiger partial charge < -0.3 is 9.84 Å². The topological polar surface area (TPSA) is 106 Å². The molecule has 0 aliphatic carbocycles. The average molecular weight is 545 g/mol. The Morgan fingerprint density at radius 1 is 1.03 bits per heavy atom. The first-order chi connectivity index (χ1) is 18.6. The zero-order valence-corrected chi connectivity index (χ0v) is 22.1. The van der Waals surface area contributed by atoms with Crippen LogP contribution in [-0.4, -0.2) is 38.6 Å². The number of aliphatic hydroxyl groups is 1. The van der Waals surface area contributed by atoms with E-state index in [4.69, 9.17) is 4.74 Å². The van der Waals surface area contributed by atoms with Gasteiger partial charge in [-0.05, 0) is 41.8 Å². The van der Waals surface area contributed by atoms with Crippen molar-refractivity contribution >= 4 is 45.7 Å². The lowest BCUT2D eigenvalue weighted by Crippen LogP contribution is -2.29. The smallest absolute Gasteiger partial charge is 0.301 e. The number of aliphatic hydroxyl groups excluding tert-OH is 1. The van der Waals surface area contributed by atoms with Crippen molar-refractivity contribution in [1.29, 1.82) is 0 Å². The maximum Gasteiger partial charge on any atom is 0.301 e. The highest BCUT2D eigenvalue weighted by molar-refractivity contribution is 8.00. The van der Waals surface area contributed by atoms with Crippen molar-refractivity contribution in [1.82, 2.24) is 15.2 Å². The van der Waals surface area contributed by atoms with Gasteiger partial charge in [-0.3, -0.25) is 19.5 Å². The predicted octanol–water partition coefficient (Wildman–Crippen LogP) is 5.64. The molecule has 0 spiro atoms. The average Bonchev–Trinajstić information content (AvgIpc) is 3.53. The number of nitrogens with zero attached hydrogens (tertiary/aromatic N) is 4. The van der Waals surface area contributed by atoms with E-state index in [9.17, 15) is 14.7 Å². The molecule has 10 heteroatoms. The summed E-state index contributed by atoms with van der Waals surface area (Å²) in [6.45, 7) is 2.60. The standard InChI is InChI=1S/C28H24N4O4S2/c1-2-16-36-21-10-8-19(9-11-21)23-22(24(33)20-12-14-29-15-13-20)25(34)26(35)32(23)27-30-31-28(38-27)37-17-18-6-4-3-5-7-18/h3-15,23,33H,2,16-17H2,1H3/b24-22+. The molecule has 8 nitrogen and oxygen atoms in total. The maximum absolute atomic E-state index is 13.4. The first-order valence-electron chi connectivity index (χ1n) is 12.0. The number of hydrogen-bond acceptors (Lipinski definition) is 9. The monoisotopic (exact) mass is 544 g/mol. The normalized spacial score (nSPS) is 16.7. The summed E-state index contributed by atoms with van der Waals surface area (Å²) >= 11 is 2.73. The summed E-state index contributed by atoms with van der Waals surface area (Å²) in [5.41, 5.74) is 2.15. The number of ether oxygens (including phenoxy) is 1.